The summed E-state index contributed by atoms with van der Waals surface area (Å²) in [7, 11) is 0. The van der Waals surface area contributed by atoms with E-state index in [1.807, 2.05) is 0 Å². The van der Waals surface area contributed by atoms with Gasteiger partial charge in [0.2, 0.25) is 0 Å². The van der Waals surface area contributed by atoms with Crippen molar-refractivity contribution in [1.29, 1.82) is 0 Å². The molecule has 0 radical (unpaired) electrons. The molecule has 1 aromatic heterocycles. The molecule has 0 aliphatic carbocycles. The molecular formula is C13H20N2O2. The summed E-state index contributed by atoms with van der Waals surface area (Å²) in [5.41, 5.74) is 1.78. The average Bonchev–Trinajstić information content (AvgIpc) is 2.81. The minimum absolute atomic E-state index is 0.00766. The van der Waals surface area contributed by atoms with Crippen molar-refractivity contribution < 1.29 is 9.84 Å². The highest BCUT2D eigenvalue weighted by molar-refractivity contribution is 5.20. The predicted octanol–water partition coefficient (Wildman–Crippen LogP) is 1.81. The Morgan fingerprint density at radius 1 is 1.53 bits per heavy atom. The Kier molecular flexibility index (Phi) is 4.07. The molecule has 1 saturated heterocycles. The van der Waals surface area contributed by atoms with Gasteiger partial charge in [-0.1, -0.05) is 13.8 Å². The number of nitrogens with zero attached hydrogens (tertiary/aromatic N) is 2. The molecule has 1 aliphatic heterocycles. The molecule has 2 rings (SSSR count). The molecule has 0 spiro atoms. The van der Waals surface area contributed by atoms with Crippen LogP contribution in [0.3, 0.4) is 0 Å². The second kappa shape index (κ2) is 5.56. The topological polar surface area (TPSA) is 55.2 Å². The maximum atomic E-state index is 9.24. The van der Waals surface area contributed by atoms with E-state index < -0.39 is 0 Å². The van der Waals surface area contributed by atoms with Gasteiger partial charge in [-0.05, 0) is 18.8 Å². The van der Waals surface area contributed by atoms with Crippen LogP contribution in [0.4, 0.5) is 0 Å². The van der Waals surface area contributed by atoms with Crippen LogP contribution in [0.15, 0.2) is 6.20 Å². The normalized spacial score (nSPS) is 20.1. The van der Waals surface area contributed by atoms with Gasteiger partial charge < -0.3 is 9.84 Å². The van der Waals surface area contributed by atoms with Gasteiger partial charge in [0, 0.05) is 24.8 Å². The highest BCUT2D eigenvalue weighted by Gasteiger charge is 2.18. The Morgan fingerprint density at radius 2 is 2.35 bits per heavy atom. The standard InChI is InChI=1S/C13H20N2O2/c1-9(2)13-10(8-16)7-14-12(15-13)6-11-4-3-5-17-11/h7,9,11,16H,3-6,8H2,1-2H3. The van der Waals surface area contributed by atoms with E-state index in [1.165, 1.54) is 0 Å². The average molecular weight is 236 g/mol. The Labute approximate surface area is 102 Å². The molecular weight excluding hydrogens is 216 g/mol. The lowest BCUT2D eigenvalue weighted by molar-refractivity contribution is 0.109. The van der Waals surface area contributed by atoms with Gasteiger partial charge in [-0.15, -0.1) is 0 Å². The van der Waals surface area contributed by atoms with Gasteiger partial charge in [0.05, 0.1) is 18.4 Å². The summed E-state index contributed by atoms with van der Waals surface area (Å²) in [6, 6.07) is 0. The Balaban J connectivity index is 2.14. The van der Waals surface area contributed by atoms with E-state index in [0.29, 0.717) is 5.92 Å². The Morgan fingerprint density at radius 3 is 2.94 bits per heavy atom. The smallest absolute Gasteiger partial charge is 0.131 e. The van der Waals surface area contributed by atoms with Gasteiger partial charge in [-0.3, -0.25) is 0 Å². The highest BCUT2D eigenvalue weighted by Crippen LogP contribution is 2.19. The fourth-order valence-electron chi connectivity index (χ4n) is 2.19. The third-order valence-electron chi connectivity index (χ3n) is 3.10. The monoisotopic (exact) mass is 236 g/mol. The van der Waals surface area contributed by atoms with Crippen molar-refractivity contribution in [3.63, 3.8) is 0 Å². The van der Waals surface area contributed by atoms with E-state index in [4.69, 9.17) is 4.74 Å². The van der Waals surface area contributed by atoms with Crippen LogP contribution >= 0.6 is 0 Å². The molecule has 1 aliphatic rings. The summed E-state index contributed by atoms with van der Waals surface area (Å²) in [6.07, 6.45) is 5.03. The lowest BCUT2D eigenvalue weighted by Gasteiger charge is -2.13. The second-order valence-electron chi connectivity index (χ2n) is 4.85. The van der Waals surface area contributed by atoms with E-state index in [0.717, 1.165) is 43.0 Å². The Bertz CT molecular complexity index is 374. The maximum absolute atomic E-state index is 9.24. The minimum atomic E-state index is 0.00766. The predicted molar refractivity (Wildman–Crippen MR) is 64.7 cm³/mol. The van der Waals surface area contributed by atoms with Crippen LogP contribution in [0.2, 0.25) is 0 Å². The molecule has 1 fully saturated rings. The van der Waals surface area contributed by atoms with Crippen molar-refractivity contribution in [3.05, 3.63) is 23.3 Å². The molecule has 4 heteroatoms. The number of hydrogen-bond donors (Lipinski definition) is 1. The van der Waals surface area contributed by atoms with Crippen LogP contribution in [0.5, 0.6) is 0 Å². The molecule has 94 valence electrons. The maximum Gasteiger partial charge on any atom is 0.131 e. The molecule has 1 N–H and O–H groups in total. The molecule has 0 amide bonds. The van der Waals surface area contributed by atoms with Gasteiger partial charge in [0.1, 0.15) is 5.82 Å². The van der Waals surface area contributed by atoms with Gasteiger partial charge in [-0.2, -0.15) is 0 Å². The molecule has 0 bridgehead atoms. The lowest BCUT2D eigenvalue weighted by atomic mass is 10.1. The number of rotatable bonds is 4. The first-order valence-electron chi connectivity index (χ1n) is 6.28. The fourth-order valence-corrected chi connectivity index (χ4v) is 2.19. The van der Waals surface area contributed by atoms with E-state index >= 15 is 0 Å². The van der Waals surface area contributed by atoms with Crippen LogP contribution in [0, 0.1) is 0 Å². The fraction of sp³-hybridized carbons (Fsp3) is 0.692. The number of aromatic nitrogens is 2. The van der Waals surface area contributed by atoms with E-state index in [9.17, 15) is 5.11 Å². The third-order valence-corrected chi connectivity index (χ3v) is 3.10. The molecule has 1 atom stereocenters. The lowest BCUT2D eigenvalue weighted by Crippen LogP contribution is -2.14. The van der Waals surface area contributed by atoms with E-state index in [1.54, 1.807) is 6.20 Å². The van der Waals surface area contributed by atoms with Gasteiger partial charge >= 0.3 is 0 Å². The zero-order valence-electron chi connectivity index (χ0n) is 10.5. The van der Waals surface area contributed by atoms with Crippen LogP contribution in [0.1, 0.15) is 49.7 Å². The van der Waals surface area contributed by atoms with Crippen molar-refractivity contribution in [1.82, 2.24) is 9.97 Å². The zero-order valence-corrected chi connectivity index (χ0v) is 10.5. The summed E-state index contributed by atoms with van der Waals surface area (Å²) in [5, 5.41) is 9.24. The van der Waals surface area contributed by atoms with Gasteiger partial charge in [0.25, 0.3) is 0 Å². The molecule has 17 heavy (non-hydrogen) atoms. The summed E-state index contributed by atoms with van der Waals surface area (Å²) < 4.78 is 5.58. The zero-order chi connectivity index (χ0) is 12.3. The molecule has 0 aromatic carbocycles. The highest BCUT2D eigenvalue weighted by atomic mass is 16.5. The van der Waals surface area contributed by atoms with Gasteiger partial charge in [-0.25, -0.2) is 9.97 Å². The van der Waals surface area contributed by atoms with Crippen molar-refractivity contribution in [2.24, 2.45) is 0 Å². The number of aliphatic hydroxyl groups excluding tert-OH is 1. The molecule has 0 saturated carbocycles. The van der Waals surface area contributed by atoms with E-state index in [2.05, 4.69) is 23.8 Å². The molecule has 1 unspecified atom stereocenters. The Hall–Kier alpha value is -1.00. The molecule has 4 nitrogen and oxygen atoms in total. The first-order chi connectivity index (χ1) is 8.20. The van der Waals surface area contributed by atoms with E-state index in [-0.39, 0.29) is 12.7 Å². The number of aliphatic hydroxyl groups is 1. The molecule has 2 heterocycles. The summed E-state index contributed by atoms with van der Waals surface area (Å²) >= 11 is 0. The van der Waals surface area contributed by atoms with Crippen LogP contribution in [0.25, 0.3) is 0 Å². The summed E-state index contributed by atoms with van der Waals surface area (Å²) in [5.74, 6) is 1.14. The van der Waals surface area contributed by atoms with Crippen LogP contribution in [-0.4, -0.2) is 27.8 Å². The van der Waals surface area contributed by atoms with Crippen molar-refractivity contribution in [2.45, 2.75) is 51.7 Å². The molecule has 1 aromatic rings. The van der Waals surface area contributed by atoms with Crippen molar-refractivity contribution in [2.75, 3.05) is 6.61 Å². The van der Waals surface area contributed by atoms with Crippen molar-refractivity contribution >= 4 is 0 Å². The first-order valence-corrected chi connectivity index (χ1v) is 6.28. The summed E-state index contributed by atoms with van der Waals surface area (Å²) in [4.78, 5) is 8.86. The van der Waals surface area contributed by atoms with Crippen LogP contribution < -0.4 is 0 Å². The SMILES string of the molecule is CC(C)c1nc(CC2CCCO2)ncc1CO. The largest absolute Gasteiger partial charge is 0.392 e. The number of ether oxygens (including phenoxy) is 1. The minimum Gasteiger partial charge on any atom is -0.392 e. The van der Waals surface area contributed by atoms with Gasteiger partial charge in [0.15, 0.2) is 0 Å². The third kappa shape index (κ3) is 3.01. The first kappa shape index (κ1) is 12.5. The number of hydrogen-bond acceptors (Lipinski definition) is 4. The quantitative estimate of drug-likeness (QED) is 0.866. The van der Waals surface area contributed by atoms with Crippen LogP contribution in [-0.2, 0) is 17.8 Å². The second-order valence-corrected chi connectivity index (χ2v) is 4.85. The summed E-state index contributed by atoms with van der Waals surface area (Å²) in [6.45, 7) is 5.03. The van der Waals surface area contributed by atoms with Crippen molar-refractivity contribution in [3.8, 4) is 0 Å².